The lowest BCUT2D eigenvalue weighted by Crippen LogP contribution is -2.34. The van der Waals surface area contributed by atoms with Gasteiger partial charge in [-0.25, -0.2) is 8.42 Å². The van der Waals surface area contributed by atoms with Gasteiger partial charge in [0, 0.05) is 19.6 Å². The molecule has 0 bridgehead atoms. The third-order valence-electron chi connectivity index (χ3n) is 4.98. The van der Waals surface area contributed by atoms with E-state index in [1.807, 2.05) is 20.8 Å². The highest BCUT2D eigenvalue weighted by Gasteiger charge is 2.37. The highest BCUT2D eigenvalue weighted by atomic mass is 32.2. The smallest absolute Gasteiger partial charge is 0.243 e. The fourth-order valence-electron chi connectivity index (χ4n) is 3.15. The monoisotopic (exact) mass is 366 g/mol. The fraction of sp³-hybridized carbons (Fsp3) is 0.632. The first-order valence-corrected chi connectivity index (χ1v) is 10.3. The van der Waals surface area contributed by atoms with Crippen molar-refractivity contribution in [2.24, 2.45) is 5.92 Å². The molecule has 1 N–H and O–H groups in total. The molecule has 1 aromatic carbocycles. The standard InChI is InChI=1S/C19H30N2O3S/c1-7-20-18(22)15-8-9-21(12-15)25(23,24)17-11-16(19(4,5)6)10-13(2)14(17)3/h10-11,15H,7-9,12H2,1-6H3,(H,20,22). The van der Waals surface area contributed by atoms with E-state index in [9.17, 15) is 13.2 Å². The molecule has 1 fully saturated rings. The Kier molecular flexibility index (Phi) is 5.64. The fourth-order valence-corrected chi connectivity index (χ4v) is 4.97. The lowest BCUT2D eigenvalue weighted by atomic mass is 9.85. The molecular weight excluding hydrogens is 336 g/mol. The van der Waals surface area contributed by atoms with Gasteiger partial charge < -0.3 is 5.32 Å². The van der Waals surface area contributed by atoms with Gasteiger partial charge in [0.1, 0.15) is 0 Å². The average Bonchev–Trinajstić information content (AvgIpc) is 2.99. The van der Waals surface area contributed by atoms with Gasteiger partial charge in [0.2, 0.25) is 15.9 Å². The minimum Gasteiger partial charge on any atom is -0.356 e. The maximum absolute atomic E-state index is 13.2. The molecule has 0 spiro atoms. The number of hydrogen-bond acceptors (Lipinski definition) is 3. The average molecular weight is 367 g/mol. The summed E-state index contributed by atoms with van der Waals surface area (Å²) in [6.45, 7) is 13.1. The summed E-state index contributed by atoms with van der Waals surface area (Å²) in [4.78, 5) is 12.4. The van der Waals surface area contributed by atoms with Gasteiger partial charge in [-0.1, -0.05) is 26.8 Å². The van der Waals surface area contributed by atoms with Gasteiger partial charge in [-0.3, -0.25) is 4.79 Å². The summed E-state index contributed by atoms with van der Waals surface area (Å²) >= 11 is 0. The number of carbonyl (C=O) groups excluding carboxylic acids is 1. The Morgan fingerprint density at radius 3 is 2.48 bits per heavy atom. The van der Waals surface area contributed by atoms with E-state index in [2.05, 4.69) is 32.2 Å². The zero-order chi connectivity index (χ0) is 19.0. The lowest BCUT2D eigenvalue weighted by molar-refractivity contribution is -0.124. The van der Waals surface area contributed by atoms with Crippen LogP contribution >= 0.6 is 0 Å². The molecule has 0 aliphatic carbocycles. The second-order valence-corrected chi connectivity index (χ2v) is 9.82. The zero-order valence-electron chi connectivity index (χ0n) is 16.1. The van der Waals surface area contributed by atoms with Gasteiger partial charge >= 0.3 is 0 Å². The van der Waals surface area contributed by atoms with Crippen LogP contribution in [0, 0.1) is 19.8 Å². The zero-order valence-corrected chi connectivity index (χ0v) is 17.0. The molecule has 1 aliphatic rings. The van der Waals surface area contributed by atoms with Gasteiger partial charge in [0.05, 0.1) is 10.8 Å². The van der Waals surface area contributed by atoms with Crippen molar-refractivity contribution in [3.05, 3.63) is 28.8 Å². The van der Waals surface area contributed by atoms with E-state index in [1.54, 1.807) is 6.07 Å². The first kappa shape index (κ1) is 19.9. The second kappa shape index (κ2) is 7.08. The van der Waals surface area contributed by atoms with Crippen LogP contribution in [-0.4, -0.2) is 38.3 Å². The quantitative estimate of drug-likeness (QED) is 0.891. The number of nitrogens with one attached hydrogen (secondary N) is 1. The summed E-state index contributed by atoms with van der Waals surface area (Å²) in [5, 5.41) is 2.79. The van der Waals surface area contributed by atoms with E-state index in [0.717, 1.165) is 16.7 Å². The largest absolute Gasteiger partial charge is 0.356 e. The summed E-state index contributed by atoms with van der Waals surface area (Å²) in [6.07, 6.45) is 0.571. The van der Waals surface area contributed by atoms with Crippen molar-refractivity contribution >= 4 is 15.9 Å². The van der Waals surface area contributed by atoms with Gasteiger partial charge in [0.15, 0.2) is 0 Å². The van der Waals surface area contributed by atoms with Crippen LogP contribution in [0.2, 0.25) is 0 Å². The first-order chi connectivity index (χ1) is 11.5. The minimum atomic E-state index is -3.60. The highest BCUT2D eigenvalue weighted by Crippen LogP contribution is 2.32. The molecule has 0 radical (unpaired) electrons. The van der Waals surface area contributed by atoms with E-state index < -0.39 is 10.0 Å². The van der Waals surface area contributed by atoms with Crippen LogP contribution in [0.3, 0.4) is 0 Å². The van der Waals surface area contributed by atoms with E-state index in [0.29, 0.717) is 24.4 Å². The predicted molar refractivity (Wildman–Crippen MR) is 100 cm³/mol. The minimum absolute atomic E-state index is 0.0588. The Morgan fingerprint density at radius 1 is 1.28 bits per heavy atom. The number of nitrogens with zero attached hydrogens (tertiary/aromatic N) is 1. The molecule has 5 nitrogen and oxygen atoms in total. The van der Waals surface area contributed by atoms with E-state index in [4.69, 9.17) is 0 Å². The number of sulfonamides is 1. The van der Waals surface area contributed by atoms with Crippen molar-refractivity contribution in [2.45, 2.75) is 58.3 Å². The van der Waals surface area contributed by atoms with Crippen LogP contribution < -0.4 is 5.32 Å². The normalized spacial score (nSPS) is 19.2. The second-order valence-electron chi connectivity index (χ2n) is 7.91. The maximum Gasteiger partial charge on any atom is 0.243 e. The summed E-state index contributed by atoms with van der Waals surface area (Å²) in [5.41, 5.74) is 2.64. The van der Waals surface area contributed by atoms with Crippen molar-refractivity contribution in [1.82, 2.24) is 9.62 Å². The molecule has 2 rings (SSSR count). The number of benzene rings is 1. The van der Waals surface area contributed by atoms with Crippen molar-refractivity contribution < 1.29 is 13.2 Å². The Bertz CT molecular complexity index is 764. The SMILES string of the molecule is CCNC(=O)C1CCN(S(=O)(=O)c2cc(C(C)(C)C)cc(C)c2C)C1. The summed E-state index contributed by atoms with van der Waals surface area (Å²) < 4.78 is 27.9. The topological polar surface area (TPSA) is 66.5 Å². The van der Waals surface area contributed by atoms with Crippen LogP contribution in [-0.2, 0) is 20.2 Å². The predicted octanol–water partition coefficient (Wildman–Crippen LogP) is 2.75. The van der Waals surface area contributed by atoms with Crippen LogP contribution in [0.15, 0.2) is 17.0 Å². The van der Waals surface area contributed by atoms with Gasteiger partial charge in [-0.05, 0) is 55.4 Å². The molecule has 25 heavy (non-hydrogen) atoms. The number of hydrogen-bond donors (Lipinski definition) is 1. The molecule has 6 heteroatoms. The first-order valence-electron chi connectivity index (χ1n) is 8.88. The van der Waals surface area contributed by atoms with Crippen molar-refractivity contribution in [1.29, 1.82) is 0 Å². The molecule has 1 aromatic rings. The Morgan fingerprint density at radius 2 is 1.92 bits per heavy atom. The van der Waals surface area contributed by atoms with Crippen LogP contribution in [0.5, 0.6) is 0 Å². The molecule has 1 heterocycles. The third kappa shape index (κ3) is 4.06. The Hall–Kier alpha value is -1.40. The van der Waals surface area contributed by atoms with Gasteiger partial charge in [-0.2, -0.15) is 4.31 Å². The lowest BCUT2D eigenvalue weighted by Gasteiger charge is -2.24. The molecule has 1 atom stereocenters. The van der Waals surface area contributed by atoms with Crippen LogP contribution in [0.1, 0.15) is 50.8 Å². The van der Waals surface area contributed by atoms with Gasteiger partial charge in [0.25, 0.3) is 0 Å². The third-order valence-corrected chi connectivity index (χ3v) is 6.97. The van der Waals surface area contributed by atoms with E-state index in [1.165, 1.54) is 4.31 Å². The maximum atomic E-state index is 13.2. The van der Waals surface area contributed by atoms with Crippen LogP contribution in [0.25, 0.3) is 0 Å². The van der Waals surface area contributed by atoms with Crippen LogP contribution in [0.4, 0.5) is 0 Å². The summed E-state index contributed by atoms with van der Waals surface area (Å²) in [5.74, 6) is -0.321. The summed E-state index contributed by atoms with van der Waals surface area (Å²) in [6, 6.07) is 3.87. The van der Waals surface area contributed by atoms with Gasteiger partial charge in [-0.15, -0.1) is 0 Å². The molecule has 1 unspecified atom stereocenters. The molecule has 0 saturated carbocycles. The number of rotatable bonds is 4. The van der Waals surface area contributed by atoms with Crippen molar-refractivity contribution in [3.8, 4) is 0 Å². The Balaban J connectivity index is 2.38. The summed E-state index contributed by atoms with van der Waals surface area (Å²) in [7, 11) is -3.60. The number of amides is 1. The number of carbonyl (C=O) groups is 1. The van der Waals surface area contributed by atoms with E-state index in [-0.39, 0.29) is 23.8 Å². The molecule has 140 valence electrons. The van der Waals surface area contributed by atoms with E-state index >= 15 is 0 Å². The molecule has 0 aromatic heterocycles. The molecular formula is C19H30N2O3S. The molecule has 1 amide bonds. The molecule has 1 saturated heterocycles. The number of aryl methyl sites for hydroxylation is 1. The molecule has 1 aliphatic heterocycles. The highest BCUT2D eigenvalue weighted by molar-refractivity contribution is 7.89. The van der Waals surface area contributed by atoms with Crippen molar-refractivity contribution in [3.63, 3.8) is 0 Å². The van der Waals surface area contributed by atoms with Crippen molar-refractivity contribution in [2.75, 3.05) is 19.6 Å². The Labute approximate surface area is 151 Å².